The minimum atomic E-state index is 0.460. The number of halogens is 1. The predicted molar refractivity (Wildman–Crippen MR) is 78.7 cm³/mol. The van der Waals surface area contributed by atoms with Gasteiger partial charge in [0.1, 0.15) is 0 Å². The number of aromatic nitrogens is 4. The predicted octanol–water partition coefficient (Wildman–Crippen LogP) is 3.56. The van der Waals surface area contributed by atoms with Gasteiger partial charge in [-0.05, 0) is 25.0 Å². The molecule has 0 bridgehead atoms. The van der Waals surface area contributed by atoms with Crippen molar-refractivity contribution in [3.63, 3.8) is 0 Å². The number of hydrogen-bond acceptors (Lipinski definition) is 3. The summed E-state index contributed by atoms with van der Waals surface area (Å²) in [5.41, 5.74) is 3.07. The van der Waals surface area contributed by atoms with Crippen LogP contribution in [0.1, 0.15) is 24.5 Å². The molecule has 0 atom stereocenters. The second-order valence-corrected chi connectivity index (χ2v) is 5.64. The Labute approximate surface area is 121 Å². The van der Waals surface area contributed by atoms with Crippen molar-refractivity contribution in [2.75, 3.05) is 0 Å². The Bertz CT molecular complexity index is 805. The van der Waals surface area contributed by atoms with Gasteiger partial charge in [0.05, 0.1) is 11.4 Å². The molecule has 5 heteroatoms. The molecule has 0 unspecified atom stereocenters. The minimum absolute atomic E-state index is 0.460. The number of hydrogen-bond donors (Lipinski definition) is 0. The Balaban J connectivity index is 1.92. The Kier molecular flexibility index (Phi) is 2.54. The summed E-state index contributed by atoms with van der Waals surface area (Å²) in [5, 5.41) is 15.3. The van der Waals surface area contributed by atoms with Crippen molar-refractivity contribution in [2.45, 2.75) is 18.8 Å². The average Bonchev–Trinajstić information content (AvgIpc) is 3.20. The second kappa shape index (κ2) is 4.28. The number of aryl methyl sites for hydroxylation is 1. The monoisotopic (exact) mass is 284 g/mol. The van der Waals surface area contributed by atoms with E-state index in [2.05, 4.69) is 33.5 Å². The molecule has 0 aliphatic heterocycles. The lowest BCUT2D eigenvalue weighted by Gasteiger charge is -2.06. The first-order valence-corrected chi connectivity index (χ1v) is 7.06. The van der Waals surface area contributed by atoms with Crippen LogP contribution in [0.4, 0.5) is 0 Å². The molecule has 2 aromatic heterocycles. The van der Waals surface area contributed by atoms with Crippen LogP contribution in [0.2, 0.25) is 5.15 Å². The summed E-state index contributed by atoms with van der Waals surface area (Å²) >= 11 is 6.22. The molecule has 0 spiro atoms. The molecule has 0 amide bonds. The fraction of sp³-hybridized carbons (Fsp3) is 0.267. The van der Waals surface area contributed by atoms with Crippen LogP contribution in [0.5, 0.6) is 0 Å². The molecular formula is C15H13ClN4. The first kappa shape index (κ1) is 11.9. The van der Waals surface area contributed by atoms with E-state index in [1.807, 2.05) is 19.3 Å². The Hall–Kier alpha value is -1.94. The molecule has 2 heterocycles. The smallest absolute Gasteiger partial charge is 0.159 e. The van der Waals surface area contributed by atoms with Crippen molar-refractivity contribution in [3.05, 3.63) is 41.3 Å². The van der Waals surface area contributed by atoms with Gasteiger partial charge < -0.3 is 0 Å². The number of nitrogens with zero attached hydrogens (tertiary/aromatic N) is 4. The van der Waals surface area contributed by atoms with Gasteiger partial charge in [-0.15, -0.1) is 5.10 Å². The zero-order valence-corrected chi connectivity index (χ0v) is 11.8. The maximum atomic E-state index is 6.22. The third kappa shape index (κ3) is 1.88. The standard InChI is InChI=1S/C15H13ClN4/c1-20-7-6-13(19-20)10-4-5-11-12(8-10)15(16)18-17-14(11)9-2-3-9/h4-9H,2-3H2,1H3. The first-order chi connectivity index (χ1) is 9.72. The molecule has 20 heavy (non-hydrogen) atoms. The molecule has 4 rings (SSSR count). The quantitative estimate of drug-likeness (QED) is 0.723. The van der Waals surface area contributed by atoms with E-state index in [0.29, 0.717) is 11.1 Å². The number of fused-ring (bicyclic) bond motifs is 1. The highest BCUT2D eigenvalue weighted by Gasteiger charge is 2.28. The van der Waals surface area contributed by atoms with E-state index in [4.69, 9.17) is 11.6 Å². The number of rotatable bonds is 2. The van der Waals surface area contributed by atoms with Gasteiger partial charge in [0.2, 0.25) is 0 Å². The van der Waals surface area contributed by atoms with Crippen molar-refractivity contribution in [1.82, 2.24) is 20.0 Å². The van der Waals surface area contributed by atoms with E-state index in [0.717, 1.165) is 27.7 Å². The molecular weight excluding hydrogens is 272 g/mol. The zero-order chi connectivity index (χ0) is 13.7. The van der Waals surface area contributed by atoms with Crippen LogP contribution in [0, 0.1) is 0 Å². The zero-order valence-electron chi connectivity index (χ0n) is 11.0. The number of benzene rings is 1. The van der Waals surface area contributed by atoms with Crippen molar-refractivity contribution in [2.24, 2.45) is 7.05 Å². The largest absolute Gasteiger partial charge is 0.275 e. The van der Waals surface area contributed by atoms with Crippen LogP contribution in [-0.4, -0.2) is 20.0 Å². The molecule has 0 N–H and O–H groups in total. The van der Waals surface area contributed by atoms with Crippen molar-refractivity contribution in [1.29, 1.82) is 0 Å². The van der Waals surface area contributed by atoms with Crippen LogP contribution in [-0.2, 0) is 7.05 Å². The molecule has 3 aromatic rings. The third-order valence-corrected chi connectivity index (χ3v) is 4.02. The van der Waals surface area contributed by atoms with Gasteiger partial charge in [-0.2, -0.15) is 10.2 Å². The van der Waals surface area contributed by atoms with Gasteiger partial charge in [-0.25, -0.2) is 0 Å². The van der Waals surface area contributed by atoms with Crippen LogP contribution in [0.25, 0.3) is 22.0 Å². The molecule has 1 aromatic carbocycles. The van der Waals surface area contributed by atoms with E-state index >= 15 is 0 Å². The lowest BCUT2D eigenvalue weighted by Crippen LogP contribution is -1.94. The summed E-state index contributed by atoms with van der Waals surface area (Å²) in [6, 6.07) is 8.22. The molecule has 0 saturated heterocycles. The summed E-state index contributed by atoms with van der Waals surface area (Å²) in [6.07, 6.45) is 4.34. The van der Waals surface area contributed by atoms with Crippen molar-refractivity contribution < 1.29 is 0 Å². The van der Waals surface area contributed by atoms with E-state index in [-0.39, 0.29) is 0 Å². The molecule has 1 fully saturated rings. The SMILES string of the molecule is Cn1ccc(-c2ccc3c(C4CC4)nnc(Cl)c3c2)n1. The van der Waals surface area contributed by atoms with Gasteiger partial charge in [0.25, 0.3) is 0 Å². The third-order valence-electron chi connectivity index (χ3n) is 3.74. The lowest BCUT2D eigenvalue weighted by atomic mass is 10.0. The van der Waals surface area contributed by atoms with E-state index < -0.39 is 0 Å². The molecule has 100 valence electrons. The maximum Gasteiger partial charge on any atom is 0.159 e. The van der Waals surface area contributed by atoms with Gasteiger partial charge in [0, 0.05) is 35.5 Å². The molecule has 4 nitrogen and oxygen atoms in total. The fourth-order valence-corrected chi connectivity index (χ4v) is 2.72. The second-order valence-electron chi connectivity index (χ2n) is 5.29. The first-order valence-electron chi connectivity index (χ1n) is 6.68. The summed E-state index contributed by atoms with van der Waals surface area (Å²) in [7, 11) is 1.91. The Morgan fingerprint density at radius 1 is 1.15 bits per heavy atom. The Morgan fingerprint density at radius 2 is 2.00 bits per heavy atom. The van der Waals surface area contributed by atoms with E-state index in [9.17, 15) is 0 Å². The summed E-state index contributed by atoms with van der Waals surface area (Å²) in [6.45, 7) is 0. The minimum Gasteiger partial charge on any atom is -0.275 e. The summed E-state index contributed by atoms with van der Waals surface area (Å²) in [5.74, 6) is 0.558. The summed E-state index contributed by atoms with van der Waals surface area (Å²) < 4.78 is 1.79. The van der Waals surface area contributed by atoms with Gasteiger partial charge >= 0.3 is 0 Å². The molecule has 0 radical (unpaired) electrons. The highest BCUT2D eigenvalue weighted by atomic mass is 35.5. The van der Waals surface area contributed by atoms with Gasteiger partial charge in [0.15, 0.2) is 5.15 Å². The van der Waals surface area contributed by atoms with E-state index in [1.54, 1.807) is 4.68 Å². The van der Waals surface area contributed by atoms with Crippen LogP contribution in [0.15, 0.2) is 30.5 Å². The van der Waals surface area contributed by atoms with Gasteiger partial charge in [-0.1, -0.05) is 23.7 Å². The normalized spacial score (nSPS) is 14.9. The van der Waals surface area contributed by atoms with Crippen LogP contribution in [0.3, 0.4) is 0 Å². The van der Waals surface area contributed by atoms with Crippen molar-refractivity contribution >= 4 is 22.4 Å². The highest BCUT2D eigenvalue weighted by molar-refractivity contribution is 6.34. The van der Waals surface area contributed by atoms with Crippen LogP contribution < -0.4 is 0 Å². The maximum absolute atomic E-state index is 6.22. The molecule has 1 aliphatic carbocycles. The lowest BCUT2D eigenvalue weighted by molar-refractivity contribution is 0.771. The van der Waals surface area contributed by atoms with Crippen molar-refractivity contribution in [3.8, 4) is 11.3 Å². The highest BCUT2D eigenvalue weighted by Crippen LogP contribution is 2.42. The van der Waals surface area contributed by atoms with Crippen LogP contribution >= 0.6 is 11.6 Å². The fourth-order valence-electron chi connectivity index (χ4n) is 2.53. The summed E-state index contributed by atoms with van der Waals surface area (Å²) in [4.78, 5) is 0. The van der Waals surface area contributed by atoms with Gasteiger partial charge in [-0.3, -0.25) is 4.68 Å². The van der Waals surface area contributed by atoms with E-state index in [1.165, 1.54) is 12.8 Å². The Morgan fingerprint density at radius 3 is 2.70 bits per heavy atom. The molecule has 1 saturated carbocycles. The average molecular weight is 285 g/mol. The molecule has 1 aliphatic rings. The topological polar surface area (TPSA) is 43.6 Å².